The van der Waals surface area contributed by atoms with Crippen molar-refractivity contribution in [2.45, 2.75) is 20.8 Å². The molecule has 2 aromatic heterocycles. The van der Waals surface area contributed by atoms with Gasteiger partial charge in [-0.25, -0.2) is 9.97 Å². The standard InChI is InChI=1S/C10H11N3O/c1-6-4-5-11-10-9(6)12-7(2)13(10)8(3)14/h4-5H,1-3H3. The van der Waals surface area contributed by atoms with E-state index >= 15 is 0 Å². The fourth-order valence-corrected chi connectivity index (χ4v) is 1.58. The van der Waals surface area contributed by atoms with Crippen molar-refractivity contribution in [3.8, 4) is 0 Å². The molecule has 4 nitrogen and oxygen atoms in total. The summed E-state index contributed by atoms with van der Waals surface area (Å²) in [6.45, 7) is 5.28. The number of pyridine rings is 1. The molecule has 0 bridgehead atoms. The van der Waals surface area contributed by atoms with Gasteiger partial charge in [-0.05, 0) is 25.5 Å². The molecule has 0 unspecified atom stereocenters. The van der Waals surface area contributed by atoms with Gasteiger partial charge in [-0.1, -0.05) is 0 Å². The van der Waals surface area contributed by atoms with Gasteiger partial charge in [0.2, 0.25) is 5.91 Å². The number of hydrogen-bond donors (Lipinski definition) is 0. The third kappa shape index (κ3) is 1.11. The van der Waals surface area contributed by atoms with E-state index in [2.05, 4.69) is 9.97 Å². The van der Waals surface area contributed by atoms with E-state index in [0.717, 1.165) is 11.1 Å². The highest BCUT2D eigenvalue weighted by atomic mass is 16.1. The molecule has 0 N–H and O–H groups in total. The summed E-state index contributed by atoms with van der Waals surface area (Å²) in [6, 6.07) is 1.89. The minimum atomic E-state index is -0.0527. The lowest BCUT2D eigenvalue weighted by Crippen LogP contribution is -2.08. The van der Waals surface area contributed by atoms with Crippen LogP contribution in [0.4, 0.5) is 0 Å². The van der Waals surface area contributed by atoms with Gasteiger partial charge >= 0.3 is 0 Å². The molecule has 0 aliphatic heterocycles. The van der Waals surface area contributed by atoms with Gasteiger partial charge in [0.05, 0.1) is 0 Å². The Labute approximate surface area is 81.6 Å². The van der Waals surface area contributed by atoms with Gasteiger partial charge in [-0.2, -0.15) is 0 Å². The fourth-order valence-electron chi connectivity index (χ4n) is 1.58. The molecule has 14 heavy (non-hydrogen) atoms. The minimum absolute atomic E-state index is 0.0527. The Hall–Kier alpha value is -1.71. The first kappa shape index (κ1) is 8.87. The second kappa shape index (κ2) is 2.90. The van der Waals surface area contributed by atoms with Crippen molar-refractivity contribution >= 4 is 17.1 Å². The average Bonchev–Trinajstić information content (AvgIpc) is 2.42. The second-order valence-corrected chi connectivity index (χ2v) is 3.31. The number of carbonyl (C=O) groups is 1. The van der Waals surface area contributed by atoms with Crippen LogP contribution in [0.3, 0.4) is 0 Å². The third-order valence-corrected chi connectivity index (χ3v) is 2.23. The monoisotopic (exact) mass is 189 g/mol. The molecule has 2 heterocycles. The lowest BCUT2D eigenvalue weighted by atomic mass is 10.3. The quantitative estimate of drug-likeness (QED) is 0.633. The molecule has 0 atom stereocenters. The number of aromatic nitrogens is 3. The van der Waals surface area contributed by atoms with Crippen molar-refractivity contribution in [1.29, 1.82) is 0 Å². The third-order valence-electron chi connectivity index (χ3n) is 2.23. The molecular formula is C10H11N3O. The number of fused-ring (bicyclic) bond motifs is 1. The number of carbonyl (C=O) groups excluding carboxylic acids is 1. The van der Waals surface area contributed by atoms with Gasteiger partial charge in [0, 0.05) is 13.1 Å². The van der Waals surface area contributed by atoms with Crippen molar-refractivity contribution in [3.05, 3.63) is 23.7 Å². The highest BCUT2D eigenvalue weighted by Crippen LogP contribution is 2.16. The summed E-state index contributed by atoms with van der Waals surface area (Å²) in [5, 5.41) is 0. The van der Waals surface area contributed by atoms with Crippen LogP contribution in [0.2, 0.25) is 0 Å². The molecule has 0 aliphatic carbocycles. The predicted octanol–water partition coefficient (Wildman–Crippen LogP) is 1.71. The maximum atomic E-state index is 11.3. The molecule has 72 valence electrons. The van der Waals surface area contributed by atoms with Crippen LogP contribution in [-0.2, 0) is 0 Å². The van der Waals surface area contributed by atoms with Crippen LogP contribution in [0, 0.1) is 13.8 Å². The molecule has 0 radical (unpaired) electrons. The van der Waals surface area contributed by atoms with Gasteiger partial charge in [0.15, 0.2) is 5.65 Å². The van der Waals surface area contributed by atoms with Gasteiger partial charge < -0.3 is 0 Å². The zero-order valence-electron chi connectivity index (χ0n) is 8.40. The molecule has 0 aliphatic rings. The molecule has 2 rings (SSSR count). The van der Waals surface area contributed by atoms with E-state index < -0.39 is 0 Å². The summed E-state index contributed by atoms with van der Waals surface area (Å²) in [5.74, 6) is 0.636. The average molecular weight is 189 g/mol. The van der Waals surface area contributed by atoms with Crippen molar-refractivity contribution in [3.63, 3.8) is 0 Å². The Morgan fingerprint density at radius 2 is 2.14 bits per heavy atom. The summed E-state index contributed by atoms with van der Waals surface area (Å²) in [4.78, 5) is 19.8. The zero-order chi connectivity index (χ0) is 10.3. The Balaban J connectivity index is 2.90. The Morgan fingerprint density at radius 3 is 2.79 bits per heavy atom. The molecule has 2 aromatic rings. The lowest BCUT2D eigenvalue weighted by molar-refractivity contribution is 0.0938. The first-order chi connectivity index (χ1) is 6.61. The van der Waals surface area contributed by atoms with Crippen molar-refractivity contribution < 1.29 is 4.79 Å². The van der Waals surface area contributed by atoms with Crippen molar-refractivity contribution in [1.82, 2.24) is 14.5 Å². The highest BCUT2D eigenvalue weighted by molar-refractivity contribution is 5.88. The van der Waals surface area contributed by atoms with Crippen LogP contribution in [0.5, 0.6) is 0 Å². The highest BCUT2D eigenvalue weighted by Gasteiger charge is 2.12. The first-order valence-electron chi connectivity index (χ1n) is 4.43. The smallest absolute Gasteiger partial charge is 0.230 e. The molecule has 0 saturated carbocycles. The zero-order valence-corrected chi connectivity index (χ0v) is 8.40. The summed E-state index contributed by atoms with van der Waals surface area (Å²) >= 11 is 0. The predicted molar refractivity (Wildman–Crippen MR) is 53.3 cm³/mol. The Kier molecular flexibility index (Phi) is 1.84. The summed E-state index contributed by atoms with van der Waals surface area (Å²) in [6.07, 6.45) is 1.69. The fraction of sp³-hybridized carbons (Fsp3) is 0.300. The van der Waals surface area contributed by atoms with Crippen molar-refractivity contribution in [2.24, 2.45) is 0 Å². The Morgan fingerprint density at radius 1 is 1.43 bits per heavy atom. The topological polar surface area (TPSA) is 47.8 Å². The maximum Gasteiger partial charge on any atom is 0.230 e. The van der Waals surface area contributed by atoms with Crippen LogP contribution in [0.15, 0.2) is 12.3 Å². The molecular weight excluding hydrogens is 178 g/mol. The van der Waals surface area contributed by atoms with E-state index in [4.69, 9.17) is 0 Å². The van der Waals surface area contributed by atoms with E-state index in [1.165, 1.54) is 11.5 Å². The van der Waals surface area contributed by atoms with E-state index in [0.29, 0.717) is 11.5 Å². The largest absolute Gasteiger partial charge is 0.274 e. The lowest BCUT2D eigenvalue weighted by Gasteiger charge is -1.98. The van der Waals surface area contributed by atoms with Crippen LogP contribution >= 0.6 is 0 Å². The van der Waals surface area contributed by atoms with Crippen LogP contribution in [-0.4, -0.2) is 20.4 Å². The van der Waals surface area contributed by atoms with E-state index in [9.17, 15) is 4.79 Å². The molecule has 0 amide bonds. The number of aryl methyl sites for hydroxylation is 2. The van der Waals surface area contributed by atoms with Gasteiger partial charge in [-0.15, -0.1) is 0 Å². The van der Waals surface area contributed by atoms with Crippen LogP contribution in [0.1, 0.15) is 23.1 Å². The first-order valence-corrected chi connectivity index (χ1v) is 4.43. The SMILES string of the molecule is CC(=O)n1c(C)nc2c(C)ccnc21. The van der Waals surface area contributed by atoms with Gasteiger partial charge in [0.1, 0.15) is 11.3 Å². The van der Waals surface area contributed by atoms with E-state index in [1.54, 1.807) is 6.20 Å². The van der Waals surface area contributed by atoms with E-state index in [1.807, 2.05) is 19.9 Å². The van der Waals surface area contributed by atoms with Crippen LogP contribution < -0.4 is 0 Å². The number of nitrogens with zero attached hydrogens (tertiary/aromatic N) is 3. The molecule has 0 fully saturated rings. The number of rotatable bonds is 0. The van der Waals surface area contributed by atoms with Crippen molar-refractivity contribution in [2.75, 3.05) is 0 Å². The normalized spacial score (nSPS) is 10.8. The van der Waals surface area contributed by atoms with Gasteiger partial charge in [-0.3, -0.25) is 9.36 Å². The van der Waals surface area contributed by atoms with Crippen LogP contribution in [0.25, 0.3) is 11.2 Å². The maximum absolute atomic E-state index is 11.3. The Bertz CT molecular complexity index is 513. The summed E-state index contributed by atoms with van der Waals surface area (Å²) < 4.78 is 1.53. The minimum Gasteiger partial charge on any atom is -0.274 e. The molecule has 0 aromatic carbocycles. The number of hydrogen-bond acceptors (Lipinski definition) is 3. The van der Waals surface area contributed by atoms with Gasteiger partial charge in [0.25, 0.3) is 0 Å². The molecule has 4 heteroatoms. The summed E-state index contributed by atoms with van der Waals surface area (Å²) in [5.41, 5.74) is 2.49. The summed E-state index contributed by atoms with van der Waals surface area (Å²) in [7, 11) is 0. The second-order valence-electron chi connectivity index (χ2n) is 3.31. The van der Waals surface area contributed by atoms with E-state index in [-0.39, 0.29) is 5.91 Å². The molecule has 0 spiro atoms. The number of imidazole rings is 1. The molecule has 0 saturated heterocycles.